The van der Waals surface area contributed by atoms with E-state index >= 15 is 0 Å². The summed E-state index contributed by atoms with van der Waals surface area (Å²) in [4.78, 5) is 9.45. The first-order valence-corrected chi connectivity index (χ1v) is 11.9. The molecule has 6 heteroatoms. The van der Waals surface area contributed by atoms with E-state index in [1.807, 2.05) is 6.07 Å². The van der Waals surface area contributed by atoms with Crippen LogP contribution in [0, 0.1) is 13.8 Å². The molecule has 0 spiro atoms. The molecule has 1 heterocycles. The highest BCUT2D eigenvalue weighted by Crippen LogP contribution is 2.30. The molecule has 0 saturated carbocycles. The first-order chi connectivity index (χ1) is 16.3. The summed E-state index contributed by atoms with van der Waals surface area (Å²) < 4.78 is 0. The van der Waals surface area contributed by atoms with Crippen LogP contribution in [0.25, 0.3) is 5.57 Å². The SMILES string of the molecule is C/C=C(/c1ccc(N=NC)c(C)c1)c1ccc(NC2=CCCC(N(C)CCN(C)C)=C2)nc1C. The zero-order valence-corrected chi connectivity index (χ0v) is 21.7. The van der Waals surface area contributed by atoms with Crippen molar-refractivity contribution in [1.82, 2.24) is 14.8 Å². The number of rotatable bonds is 9. The van der Waals surface area contributed by atoms with Crippen LogP contribution in [0.5, 0.6) is 0 Å². The van der Waals surface area contributed by atoms with E-state index in [1.54, 1.807) is 7.05 Å². The molecule has 0 saturated heterocycles. The van der Waals surface area contributed by atoms with Crippen LogP contribution in [0.1, 0.15) is 42.1 Å². The van der Waals surface area contributed by atoms with Crippen LogP contribution in [0.15, 0.2) is 70.2 Å². The summed E-state index contributed by atoms with van der Waals surface area (Å²) in [5.74, 6) is 0.867. The molecule has 1 N–H and O–H groups in total. The minimum absolute atomic E-state index is 0.867. The molecule has 0 atom stereocenters. The number of aryl methyl sites for hydroxylation is 2. The van der Waals surface area contributed by atoms with E-state index in [0.29, 0.717) is 0 Å². The van der Waals surface area contributed by atoms with Gasteiger partial charge in [-0.2, -0.15) is 10.2 Å². The molecule has 1 aromatic heterocycles. The summed E-state index contributed by atoms with van der Waals surface area (Å²) in [6.07, 6.45) is 8.76. The average molecular weight is 459 g/mol. The molecule has 0 bridgehead atoms. The van der Waals surface area contributed by atoms with Crippen molar-refractivity contribution in [2.75, 3.05) is 46.6 Å². The number of nitrogens with one attached hydrogen (secondary N) is 1. The van der Waals surface area contributed by atoms with Gasteiger partial charge in [0.05, 0.1) is 5.69 Å². The maximum Gasteiger partial charge on any atom is 0.130 e. The van der Waals surface area contributed by atoms with Crippen molar-refractivity contribution in [1.29, 1.82) is 0 Å². The highest BCUT2D eigenvalue weighted by molar-refractivity contribution is 5.82. The number of aromatic nitrogens is 1. The number of hydrogen-bond acceptors (Lipinski definition) is 6. The van der Waals surface area contributed by atoms with Gasteiger partial charge in [0.2, 0.25) is 0 Å². The fourth-order valence-electron chi connectivity index (χ4n) is 4.15. The molecule has 3 rings (SSSR count). The molecule has 0 aliphatic heterocycles. The highest BCUT2D eigenvalue weighted by Gasteiger charge is 2.13. The number of nitrogens with zero attached hydrogens (tertiary/aromatic N) is 5. The predicted molar refractivity (Wildman–Crippen MR) is 144 cm³/mol. The molecule has 2 aromatic rings. The topological polar surface area (TPSA) is 56.1 Å². The van der Waals surface area contributed by atoms with Crippen molar-refractivity contribution >= 4 is 17.1 Å². The van der Waals surface area contributed by atoms with Crippen molar-refractivity contribution in [2.45, 2.75) is 33.6 Å². The lowest BCUT2D eigenvalue weighted by atomic mass is 9.95. The average Bonchev–Trinajstić information content (AvgIpc) is 2.81. The third kappa shape index (κ3) is 6.41. The number of azo groups is 1. The van der Waals surface area contributed by atoms with Gasteiger partial charge in [0.1, 0.15) is 5.82 Å². The molecule has 6 nitrogen and oxygen atoms in total. The fourth-order valence-corrected chi connectivity index (χ4v) is 4.15. The van der Waals surface area contributed by atoms with Gasteiger partial charge >= 0.3 is 0 Å². The van der Waals surface area contributed by atoms with E-state index in [0.717, 1.165) is 65.5 Å². The number of pyridine rings is 1. The van der Waals surface area contributed by atoms with Gasteiger partial charge in [-0.3, -0.25) is 0 Å². The smallest absolute Gasteiger partial charge is 0.130 e. The Kier molecular flexibility index (Phi) is 8.77. The predicted octanol–water partition coefficient (Wildman–Crippen LogP) is 6.33. The first-order valence-electron chi connectivity index (χ1n) is 11.9. The monoisotopic (exact) mass is 458 g/mol. The Labute approximate surface area is 204 Å². The summed E-state index contributed by atoms with van der Waals surface area (Å²) >= 11 is 0. The molecule has 0 fully saturated rings. The quantitative estimate of drug-likeness (QED) is 0.446. The molecule has 0 amide bonds. The van der Waals surface area contributed by atoms with Crippen molar-refractivity contribution in [3.63, 3.8) is 0 Å². The minimum Gasteiger partial charge on any atom is -0.377 e. The Balaban J connectivity index is 1.77. The normalized spacial score (nSPS) is 14.4. The number of anilines is 1. The molecule has 0 radical (unpaired) electrons. The van der Waals surface area contributed by atoms with Crippen LogP contribution in [-0.4, -0.2) is 56.1 Å². The van der Waals surface area contributed by atoms with Gasteiger partial charge in [-0.25, -0.2) is 4.98 Å². The van der Waals surface area contributed by atoms with Crippen molar-refractivity contribution in [2.24, 2.45) is 10.2 Å². The van der Waals surface area contributed by atoms with Crippen LogP contribution >= 0.6 is 0 Å². The van der Waals surface area contributed by atoms with E-state index in [1.165, 1.54) is 11.3 Å². The van der Waals surface area contributed by atoms with Gasteiger partial charge in [0, 0.05) is 49.8 Å². The Morgan fingerprint density at radius 1 is 1.12 bits per heavy atom. The van der Waals surface area contributed by atoms with E-state index in [2.05, 4.69) is 110 Å². The van der Waals surface area contributed by atoms with E-state index in [9.17, 15) is 0 Å². The third-order valence-electron chi connectivity index (χ3n) is 6.11. The Hall–Kier alpha value is -3.25. The summed E-state index contributed by atoms with van der Waals surface area (Å²) in [5, 5.41) is 11.6. The van der Waals surface area contributed by atoms with Gasteiger partial charge < -0.3 is 15.1 Å². The molecule has 1 aliphatic carbocycles. The second-order valence-electron chi connectivity index (χ2n) is 9.02. The van der Waals surface area contributed by atoms with Crippen LogP contribution < -0.4 is 5.32 Å². The first kappa shape index (κ1) is 25.4. The fraction of sp³-hybridized carbons (Fsp3) is 0.393. The maximum absolute atomic E-state index is 4.88. The Morgan fingerprint density at radius 2 is 1.91 bits per heavy atom. The van der Waals surface area contributed by atoms with E-state index in [-0.39, 0.29) is 0 Å². The summed E-state index contributed by atoms with van der Waals surface area (Å²) in [6.45, 7) is 8.27. The van der Waals surface area contributed by atoms with Crippen molar-refractivity contribution in [3.8, 4) is 0 Å². The maximum atomic E-state index is 4.88. The van der Waals surface area contributed by atoms with Gasteiger partial charge in [-0.15, -0.1) is 0 Å². The van der Waals surface area contributed by atoms with E-state index in [4.69, 9.17) is 4.98 Å². The Morgan fingerprint density at radius 3 is 2.56 bits per heavy atom. The summed E-state index contributed by atoms with van der Waals surface area (Å²) in [7, 11) is 8.09. The molecular formula is C28H38N6. The number of allylic oxidation sites excluding steroid dienone is 4. The number of hydrogen-bond donors (Lipinski definition) is 1. The zero-order valence-electron chi connectivity index (χ0n) is 21.7. The molecule has 34 heavy (non-hydrogen) atoms. The van der Waals surface area contributed by atoms with Crippen molar-refractivity contribution < 1.29 is 0 Å². The second-order valence-corrected chi connectivity index (χ2v) is 9.02. The standard InChI is InChI=1S/C28H38N6/c1-8-25(22-12-14-27(32-29-4)20(2)18-22)26-13-15-28(30-21(26)3)31-23-10-9-11-24(19-23)34(7)17-16-33(5)6/h8,10,12-15,18-19H,9,11,16-17H2,1-7H3,(H,30,31)/b25-8-,32-29?. The largest absolute Gasteiger partial charge is 0.377 e. The molecule has 180 valence electrons. The summed E-state index contributed by atoms with van der Waals surface area (Å²) in [5.41, 5.74) is 8.93. The minimum atomic E-state index is 0.867. The lowest BCUT2D eigenvalue weighted by Crippen LogP contribution is -2.29. The van der Waals surface area contributed by atoms with Gasteiger partial charge in [0.15, 0.2) is 0 Å². The van der Waals surface area contributed by atoms with Crippen LogP contribution in [0.2, 0.25) is 0 Å². The summed E-state index contributed by atoms with van der Waals surface area (Å²) in [6, 6.07) is 10.5. The zero-order chi connectivity index (χ0) is 24.7. The van der Waals surface area contributed by atoms with Gasteiger partial charge in [0.25, 0.3) is 0 Å². The molecule has 1 aromatic carbocycles. The molecule has 0 unspecified atom stereocenters. The second kappa shape index (κ2) is 11.7. The molecule has 1 aliphatic rings. The van der Waals surface area contributed by atoms with Gasteiger partial charge in [-0.1, -0.05) is 18.2 Å². The number of benzene rings is 1. The van der Waals surface area contributed by atoms with Crippen LogP contribution in [0.4, 0.5) is 11.5 Å². The van der Waals surface area contributed by atoms with Gasteiger partial charge in [-0.05, 0) is 94.7 Å². The van der Waals surface area contributed by atoms with E-state index < -0.39 is 0 Å². The van der Waals surface area contributed by atoms with Crippen molar-refractivity contribution in [3.05, 3.63) is 82.3 Å². The Bertz CT molecular complexity index is 1120. The van der Waals surface area contributed by atoms with Crippen LogP contribution in [-0.2, 0) is 0 Å². The number of likely N-dealkylation sites (N-methyl/N-ethyl adjacent to an activating group) is 2. The molecular weight excluding hydrogens is 420 g/mol. The highest BCUT2D eigenvalue weighted by atomic mass is 15.2. The lowest BCUT2D eigenvalue weighted by Gasteiger charge is -2.27. The lowest BCUT2D eigenvalue weighted by molar-refractivity contribution is 0.319. The van der Waals surface area contributed by atoms with Crippen LogP contribution in [0.3, 0.4) is 0 Å². The third-order valence-corrected chi connectivity index (χ3v) is 6.11.